The van der Waals surface area contributed by atoms with Crippen LogP contribution in [0.3, 0.4) is 0 Å². The molecule has 0 aliphatic heterocycles. The van der Waals surface area contributed by atoms with Gasteiger partial charge < -0.3 is 4.74 Å². The molecule has 0 N–H and O–H groups in total. The molecule has 0 saturated heterocycles. The van der Waals surface area contributed by atoms with E-state index in [1.807, 2.05) is 6.92 Å². The van der Waals surface area contributed by atoms with Crippen molar-refractivity contribution in [2.75, 3.05) is 6.61 Å². The molecular weight excluding hydrogens is 152 g/mol. The second-order valence-electron chi connectivity index (χ2n) is 2.80. The van der Waals surface area contributed by atoms with Gasteiger partial charge in [0.15, 0.2) is 0 Å². The molecule has 0 rings (SSSR count). The van der Waals surface area contributed by atoms with E-state index in [2.05, 4.69) is 13.5 Å². The van der Waals surface area contributed by atoms with Crippen molar-refractivity contribution in [3.8, 4) is 0 Å². The largest absolute Gasteiger partial charge is 0.462 e. The molecule has 2 heteroatoms. The molecule has 12 heavy (non-hydrogen) atoms. The van der Waals surface area contributed by atoms with Gasteiger partial charge in [-0.1, -0.05) is 33.3 Å². The van der Waals surface area contributed by atoms with Crippen LogP contribution in [0.15, 0.2) is 12.2 Å². The van der Waals surface area contributed by atoms with Crippen LogP contribution in [0, 0.1) is 0 Å². The Balaban J connectivity index is 3.38. The molecular formula is C10H18O2. The van der Waals surface area contributed by atoms with Gasteiger partial charge in [-0.2, -0.15) is 0 Å². The average molecular weight is 170 g/mol. The molecule has 0 unspecified atom stereocenters. The smallest absolute Gasteiger partial charge is 0.333 e. The van der Waals surface area contributed by atoms with E-state index in [1.54, 1.807) is 0 Å². The highest BCUT2D eigenvalue weighted by molar-refractivity contribution is 5.87. The number of rotatable bonds is 6. The lowest BCUT2D eigenvalue weighted by molar-refractivity contribution is -0.139. The third kappa shape index (κ3) is 4.94. The Bertz CT molecular complexity index is 150. The first-order valence-corrected chi connectivity index (χ1v) is 4.57. The molecule has 2 nitrogen and oxygen atoms in total. The molecule has 0 saturated carbocycles. The van der Waals surface area contributed by atoms with Crippen molar-refractivity contribution >= 4 is 5.97 Å². The van der Waals surface area contributed by atoms with E-state index >= 15 is 0 Å². The van der Waals surface area contributed by atoms with E-state index in [0.717, 1.165) is 19.3 Å². The third-order valence-corrected chi connectivity index (χ3v) is 1.70. The minimum atomic E-state index is -0.242. The van der Waals surface area contributed by atoms with E-state index in [1.165, 1.54) is 0 Å². The lowest BCUT2D eigenvalue weighted by atomic mass is 10.2. The van der Waals surface area contributed by atoms with Gasteiger partial charge in [-0.15, -0.1) is 0 Å². The zero-order valence-corrected chi connectivity index (χ0v) is 8.06. The van der Waals surface area contributed by atoms with Gasteiger partial charge in [0, 0.05) is 5.57 Å². The van der Waals surface area contributed by atoms with Gasteiger partial charge >= 0.3 is 5.97 Å². The molecule has 0 bridgehead atoms. The van der Waals surface area contributed by atoms with Crippen LogP contribution in [-0.2, 0) is 9.53 Å². The first-order chi connectivity index (χ1) is 5.72. The van der Waals surface area contributed by atoms with Crippen LogP contribution >= 0.6 is 0 Å². The summed E-state index contributed by atoms with van der Waals surface area (Å²) in [5.41, 5.74) is 0.562. The van der Waals surface area contributed by atoms with Crippen LogP contribution in [0.1, 0.15) is 39.5 Å². The Morgan fingerprint density at radius 3 is 2.50 bits per heavy atom. The zero-order chi connectivity index (χ0) is 9.40. The maximum absolute atomic E-state index is 11.0. The fourth-order valence-corrected chi connectivity index (χ4v) is 0.763. The molecule has 0 aliphatic rings. The fraction of sp³-hybridized carbons (Fsp3) is 0.700. The molecule has 0 atom stereocenters. The molecule has 0 aromatic heterocycles. The van der Waals surface area contributed by atoms with Gasteiger partial charge in [-0.05, 0) is 12.8 Å². The van der Waals surface area contributed by atoms with Crippen LogP contribution < -0.4 is 0 Å². The van der Waals surface area contributed by atoms with Gasteiger partial charge in [-0.25, -0.2) is 4.79 Å². The lowest BCUT2D eigenvalue weighted by Crippen LogP contribution is -2.07. The topological polar surface area (TPSA) is 26.3 Å². The van der Waals surface area contributed by atoms with E-state index in [0.29, 0.717) is 18.6 Å². The monoisotopic (exact) mass is 170 g/mol. The molecule has 0 fully saturated rings. The zero-order valence-electron chi connectivity index (χ0n) is 8.06. The van der Waals surface area contributed by atoms with Crippen molar-refractivity contribution in [3.05, 3.63) is 12.2 Å². The van der Waals surface area contributed by atoms with E-state index in [-0.39, 0.29) is 5.97 Å². The standard InChI is InChI=1S/C10H18O2/c1-4-6-7-8-12-10(11)9(3)5-2/h3-8H2,1-2H3. The van der Waals surface area contributed by atoms with Crippen LogP contribution in [0.2, 0.25) is 0 Å². The van der Waals surface area contributed by atoms with Gasteiger partial charge in [0.2, 0.25) is 0 Å². The third-order valence-electron chi connectivity index (χ3n) is 1.70. The molecule has 70 valence electrons. The number of unbranched alkanes of at least 4 members (excludes halogenated alkanes) is 2. The van der Waals surface area contributed by atoms with Crippen molar-refractivity contribution in [3.63, 3.8) is 0 Å². The number of esters is 1. The number of hydrogen-bond acceptors (Lipinski definition) is 2. The van der Waals surface area contributed by atoms with Crippen LogP contribution in [-0.4, -0.2) is 12.6 Å². The summed E-state index contributed by atoms with van der Waals surface area (Å²) < 4.78 is 4.96. The minimum absolute atomic E-state index is 0.242. The maximum Gasteiger partial charge on any atom is 0.333 e. The normalized spacial score (nSPS) is 9.50. The molecule has 0 aliphatic carbocycles. The highest BCUT2D eigenvalue weighted by Crippen LogP contribution is 2.01. The summed E-state index contributed by atoms with van der Waals surface area (Å²) in [5.74, 6) is -0.242. The van der Waals surface area contributed by atoms with Crippen LogP contribution in [0.5, 0.6) is 0 Å². The van der Waals surface area contributed by atoms with Crippen molar-refractivity contribution < 1.29 is 9.53 Å². The molecule has 0 aromatic rings. The molecule has 0 aromatic carbocycles. The highest BCUT2D eigenvalue weighted by Gasteiger charge is 2.04. The van der Waals surface area contributed by atoms with E-state index in [9.17, 15) is 4.79 Å². The first-order valence-electron chi connectivity index (χ1n) is 4.57. The predicted molar refractivity (Wildman–Crippen MR) is 49.9 cm³/mol. The molecule has 0 amide bonds. The Hall–Kier alpha value is -0.790. The van der Waals surface area contributed by atoms with Gasteiger partial charge in [0.05, 0.1) is 6.61 Å². The molecule has 0 spiro atoms. The van der Waals surface area contributed by atoms with Gasteiger partial charge in [0.1, 0.15) is 0 Å². The quantitative estimate of drug-likeness (QED) is 0.348. The van der Waals surface area contributed by atoms with Gasteiger partial charge in [0.25, 0.3) is 0 Å². The Morgan fingerprint density at radius 2 is 2.00 bits per heavy atom. The number of carbonyl (C=O) groups excluding carboxylic acids is 1. The Morgan fingerprint density at radius 1 is 1.33 bits per heavy atom. The van der Waals surface area contributed by atoms with Crippen molar-refractivity contribution in [2.45, 2.75) is 39.5 Å². The summed E-state index contributed by atoms with van der Waals surface area (Å²) in [4.78, 5) is 11.0. The van der Waals surface area contributed by atoms with E-state index < -0.39 is 0 Å². The summed E-state index contributed by atoms with van der Waals surface area (Å²) in [6.07, 6.45) is 3.89. The maximum atomic E-state index is 11.0. The van der Waals surface area contributed by atoms with E-state index in [4.69, 9.17) is 4.74 Å². The lowest BCUT2D eigenvalue weighted by Gasteiger charge is -2.04. The second-order valence-corrected chi connectivity index (χ2v) is 2.80. The Labute approximate surface area is 74.6 Å². The van der Waals surface area contributed by atoms with Crippen LogP contribution in [0.4, 0.5) is 0 Å². The van der Waals surface area contributed by atoms with Crippen LogP contribution in [0.25, 0.3) is 0 Å². The number of hydrogen-bond donors (Lipinski definition) is 0. The Kier molecular flexibility index (Phi) is 6.44. The fourth-order valence-electron chi connectivity index (χ4n) is 0.763. The van der Waals surface area contributed by atoms with Crippen molar-refractivity contribution in [1.29, 1.82) is 0 Å². The summed E-state index contributed by atoms with van der Waals surface area (Å²) in [7, 11) is 0. The minimum Gasteiger partial charge on any atom is -0.462 e. The molecule has 0 heterocycles. The summed E-state index contributed by atoms with van der Waals surface area (Å²) in [6.45, 7) is 8.15. The second kappa shape index (κ2) is 6.89. The summed E-state index contributed by atoms with van der Waals surface area (Å²) in [5, 5.41) is 0. The number of carbonyl (C=O) groups is 1. The summed E-state index contributed by atoms with van der Waals surface area (Å²) in [6, 6.07) is 0. The van der Waals surface area contributed by atoms with Crippen molar-refractivity contribution in [1.82, 2.24) is 0 Å². The predicted octanol–water partition coefficient (Wildman–Crippen LogP) is 2.69. The summed E-state index contributed by atoms with van der Waals surface area (Å²) >= 11 is 0. The first kappa shape index (κ1) is 11.2. The molecule has 0 radical (unpaired) electrons. The van der Waals surface area contributed by atoms with Gasteiger partial charge in [-0.3, -0.25) is 0 Å². The SMILES string of the molecule is C=C(CC)C(=O)OCCCCC. The average Bonchev–Trinajstić information content (AvgIpc) is 2.10. The number of ether oxygens (including phenoxy) is 1. The van der Waals surface area contributed by atoms with Crippen molar-refractivity contribution in [2.24, 2.45) is 0 Å². The highest BCUT2D eigenvalue weighted by atomic mass is 16.5.